The fraction of sp³-hybridized carbons (Fsp3) is 0.346. The first kappa shape index (κ1) is 28.0. The fourth-order valence-corrected chi connectivity index (χ4v) is 3.65. The molecule has 0 unspecified atom stereocenters. The summed E-state index contributed by atoms with van der Waals surface area (Å²) in [5, 5.41) is 10.3. The van der Waals surface area contributed by atoms with E-state index in [0.717, 1.165) is 16.7 Å². The number of benzene rings is 2. The third-order valence-electron chi connectivity index (χ3n) is 5.41. The van der Waals surface area contributed by atoms with Crippen molar-refractivity contribution in [2.24, 2.45) is 0 Å². The number of hydrogen-bond donors (Lipinski definition) is 2. The van der Waals surface area contributed by atoms with Gasteiger partial charge in [-0.1, -0.05) is 51.4 Å². The SMILES string of the molecule is CCCN(CC(=O)Nc1cc(C(C)(C)C)nn1-c1ccc(Cl)cc1)C(=O)Nc1ccccc1C(F)(F)F. The zero-order chi connectivity index (χ0) is 27.4. The summed E-state index contributed by atoms with van der Waals surface area (Å²) in [6.45, 7) is 7.55. The summed E-state index contributed by atoms with van der Waals surface area (Å²) in [6, 6.07) is 12.5. The minimum atomic E-state index is -4.64. The second kappa shape index (κ2) is 11.2. The first-order chi connectivity index (χ1) is 17.3. The van der Waals surface area contributed by atoms with Gasteiger partial charge in [-0.15, -0.1) is 0 Å². The van der Waals surface area contributed by atoms with Crippen molar-refractivity contribution in [3.63, 3.8) is 0 Å². The lowest BCUT2D eigenvalue weighted by Gasteiger charge is -2.23. The van der Waals surface area contributed by atoms with Gasteiger partial charge in [0.1, 0.15) is 12.4 Å². The molecule has 0 spiro atoms. The maximum atomic E-state index is 13.3. The van der Waals surface area contributed by atoms with Crippen LogP contribution in [-0.4, -0.2) is 39.7 Å². The quantitative estimate of drug-likeness (QED) is 0.352. The number of hydrogen-bond acceptors (Lipinski definition) is 3. The predicted octanol–water partition coefficient (Wildman–Crippen LogP) is 6.72. The van der Waals surface area contributed by atoms with E-state index in [1.807, 2.05) is 20.8 Å². The van der Waals surface area contributed by atoms with Crippen LogP contribution in [0.25, 0.3) is 5.69 Å². The minimum absolute atomic E-state index is 0.164. The lowest BCUT2D eigenvalue weighted by molar-refractivity contribution is -0.137. The van der Waals surface area contributed by atoms with Crippen molar-refractivity contribution >= 4 is 35.0 Å². The Morgan fingerprint density at radius 1 is 1.03 bits per heavy atom. The van der Waals surface area contributed by atoms with Crippen LogP contribution >= 0.6 is 11.6 Å². The molecular formula is C26H29ClF3N5O2. The topological polar surface area (TPSA) is 79.3 Å². The maximum absolute atomic E-state index is 13.3. The highest BCUT2D eigenvalue weighted by atomic mass is 35.5. The first-order valence-electron chi connectivity index (χ1n) is 11.7. The number of aromatic nitrogens is 2. The Morgan fingerprint density at radius 2 is 1.68 bits per heavy atom. The summed E-state index contributed by atoms with van der Waals surface area (Å²) in [4.78, 5) is 27.0. The van der Waals surface area contributed by atoms with Crippen LogP contribution < -0.4 is 10.6 Å². The summed E-state index contributed by atoms with van der Waals surface area (Å²) in [5.41, 5.74) is -0.258. The largest absolute Gasteiger partial charge is 0.418 e. The molecule has 11 heteroatoms. The van der Waals surface area contributed by atoms with Gasteiger partial charge in [-0.2, -0.15) is 18.3 Å². The average molecular weight is 536 g/mol. The molecule has 0 bridgehead atoms. The monoisotopic (exact) mass is 535 g/mol. The van der Waals surface area contributed by atoms with Gasteiger partial charge in [-0.3, -0.25) is 4.79 Å². The van der Waals surface area contributed by atoms with Gasteiger partial charge in [0, 0.05) is 23.0 Å². The number of nitrogens with one attached hydrogen (secondary N) is 2. The van der Waals surface area contributed by atoms with Gasteiger partial charge in [0.05, 0.1) is 22.6 Å². The summed E-state index contributed by atoms with van der Waals surface area (Å²) >= 11 is 6.01. The maximum Gasteiger partial charge on any atom is 0.418 e. The third-order valence-corrected chi connectivity index (χ3v) is 5.66. The molecule has 0 aliphatic carbocycles. The molecular weight excluding hydrogens is 507 g/mol. The van der Waals surface area contributed by atoms with Crippen molar-refractivity contribution < 1.29 is 22.8 Å². The van der Waals surface area contributed by atoms with Crippen LogP contribution in [0.3, 0.4) is 0 Å². The second-order valence-corrected chi connectivity index (χ2v) is 9.93. The summed E-state index contributed by atoms with van der Waals surface area (Å²) in [6.07, 6.45) is -4.14. The highest BCUT2D eigenvalue weighted by Crippen LogP contribution is 2.34. The molecule has 0 atom stereocenters. The molecule has 1 aromatic heterocycles. The lowest BCUT2D eigenvalue weighted by Crippen LogP contribution is -2.41. The zero-order valence-electron chi connectivity index (χ0n) is 21.0. The Bertz CT molecular complexity index is 1250. The van der Waals surface area contributed by atoms with Crippen molar-refractivity contribution in [3.8, 4) is 5.69 Å². The highest BCUT2D eigenvalue weighted by molar-refractivity contribution is 6.30. The van der Waals surface area contributed by atoms with E-state index in [1.165, 1.54) is 18.2 Å². The molecule has 0 saturated heterocycles. The van der Waals surface area contributed by atoms with Gasteiger partial charge in [0.25, 0.3) is 0 Å². The third kappa shape index (κ3) is 7.25. The molecule has 0 aliphatic rings. The number of carbonyl (C=O) groups excluding carboxylic acids is 2. The number of anilines is 2. The molecule has 0 aliphatic heterocycles. The minimum Gasteiger partial charge on any atom is -0.315 e. The zero-order valence-corrected chi connectivity index (χ0v) is 21.7. The van der Waals surface area contributed by atoms with Crippen molar-refractivity contribution in [2.45, 2.75) is 45.7 Å². The summed E-state index contributed by atoms with van der Waals surface area (Å²) in [5.74, 6) is -0.139. The molecule has 37 heavy (non-hydrogen) atoms. The summed E-state index contributed by atoms with van der Waals surface area (Å²) < 4.78 is 41.6. The van der Waals surface area contributed by atoms with E-state index in [0.29, 0.717) is 22.9 Å². The van der Waals surface area contributed by atoms with Crippen LogP contribution in [0, 0.1) is 0 Å². The Morgan fingerprint density at radius 3 is 2.27 bits per heavy atom. The van der Waals surface area contributed by atoms with Gasteiger partial charge in [-0.25, -0.2) is 9.48 Å². The van der Waals surface area contributed by atoms with E-state index in [2.05, 4.69) is 15.7 Å². The van der Waals surface area contributed by atoms with Crippen LogP contribution in [0.15, 0.2) is 54.6 Å². The molecule has 7 nitrogen and oxygen atoms in total. The number of nitrogens with zero attached hydrogens (tertiary/aromatic N) is 3. The number of para-hydroxylation sites is 1. The van der Waals surface area contributed by atoms with Gasteiger partial charge < -0.3 is 15.5 Å². The van der Waals surface area contributed by atoms with Gasteiger partial charge in [0.2, 0.25) is 5.91 Å². The van der Waals surface area contributed by atoms with Crippen molar-refractivity contribution in [3.05, 3.63) is 70.9 Å². The number of carbonyl (C=O) groups is 2. The normalized spacial score (nSPS) is 11.8. The van der Waals surface area contributed by atoms with E-state index in [-0.39, 0.29) is 24.2 Å². The van der Waals surface area contributed by atoms with Gasteiger partial charge in [-0.05, 0) is 42.8 Å². The standard InChI is InChI=1S/C26H29ClF3N5O2/c1-5-14-34(24(37)31-20-9-7-6-8-19(20)26(28,29)30)16-23(36)32-22-15-21(25(2,3)4)33-35(22)18-12-10-17(27)11-13-18/h6-13,15H,5,14,16H2,1-4H3,(H,31,37)(H,32,36). The van der Waals surface area contributed by atoms with E-state index in [9.17, 15) is 22.8 Å². The Kier molecular flexibility index (Phi) is 8.53. The second-order valence-electron chi connectivity index (χ2n) is 9.50. The smallest absolute Gasteiger partial charge is 0.315 e. The van der Waals surface area contributed by atoms with Crippen LogP contribution in [0.1, 0.15) is 45.4 Å². The van der Waals surface area contributed by atoms with E-state index in [4.69, 9.17) is 11.6 Å². The van der Waals surface area contributed by atoms with Crippen LogP contribution in [0.2, 0.25) is 5.02 Å². The van der Waals surface area contributed by atoms with Crippen LogP contribution in [-0.2, 0) is 16.4 Å². The van der Waals surface area contributed by atoms with Gasteiger partial charge in [0.15, 0.2) is 0 Å². The molecule has 3 amide bonds. The van der Waals surface area contributed by atoms with Crippen molar-refractivity contribution in [1.29, 1.82) is 0 Å². The molecule has 198 valence electrons. The van der Waals surface area contributed by atoms with Crippen LogP contribution in [0.4, 0.5) is 29.5 Å². The Balaban J connectivity index is 1.81. The fourth-order valence-electron chi connectivity index (χ4n) is 3.53. The molecule has 0 saturated carbocycles. The molecule has 1 heterocycles. The number of amides is 3. The Hall–Kier alpha value is -3.53. The molecule has 2 aromatic carbocycles. The van der Waals surface area contributed by atoms with Crippen molar-refractivity contribution in [1.82, 2.24) is 14.7 Å². The highest BCUT2D eigenvalue weighted by Gasteiger charge is 2.34. The molecule has 3 aromatic rings. The lowest BCUT2D eigenvalue weighted by atomic mass is 9.92. The van der Waals surface area contributed by atoms with E-state index >= 15 is 0 Å². The molecule has 0 radical (unpaired) electrons. The number of alkyl halides is 3. The van der Waals surface area contributed by atoms with E-state index < -0.39 is 23.7 Å². The summed E-state index contributed by atoms with van der Waals surface area (Å²) in [7, 11) is 0. The predicted molar refractivity (Wildman–Crippen MR) is 138 cm³/mol. The Labute approximate surface area is 218 Å². The molecule has 2 N–H and O–H groups in total. The first-order valence-corrected chi connectivity index (χ1v) is 12.1. The number of rotatable bonds is 7. The van der Waals surface area contributed by atoms with Gasteiger partial charge >= 0.3 is 12.2 Å². The van der Waals surface area contributed by atoms with Crippen molar-refractivity contribution in [2.75, 3.05) is 23.7 Å². The number of urea groups is 1. The van der Waals surface area contributed by atoms with E-state index in [1.54, 1.807) is 41.9 Å². The number of halogens is 4. The average Bonchev–Trinajstić information content (AvgIpc) is 3.23. The molecule has 3 rings (SSSR count). The molecule has 0 fully saturated rings. The van der Waals surface area contributed by atoms with Crippen LogP contribution in [0.5, 0.6) is 0 Å².